The fourth-order valence-corrected chi connectivity index (χ4v) is 1.53. The summed E-state index contributed by atoms with van der Waals surface area (Å²) >= 11 is 0. The molecule has 122 valence electrons. The van der Waals surface area contributed by atoms with E-state index in [0.717, 1.165) is 6.07 Å². The Morgan fingerprint density at radius 2 is 2.05 bits per heavy atom. The molecule has 3 N–H and O–H groups in total. The summed E-state index contributed by atoms with van der Waals surface area (Å²) in [5, 5.41) is 14.0. The second-order valence-electron chi connectivity index (χ2n) is 5.54. The number of anilines is 1. The number of amides is 1. The Labute approximate surface area is 127 Å². The van der Waals surface area contributed by atoms with Crippen molar-refractivity contribution >= 4 is 17.9 Å². The molecule has 0 fully saturated rings. The van der Waals surface area contributed by atoms with Gasteiger partial charge < -0.3 is 20.5 Å². The number of alkyl carbamates (subject to hydrolysis) is 1. The van der Waals surface area contributed by atoms with Gasteiger partial charge in [-0.2, -0.15) is 0 Å². The third-order valence-corrected chi connectivity index (χ3v) is 2.43. The van der Waals surface area contributed by atoms with Crippen molar-refractivity contribution < 1.29 is 23.8 Å². The van der Waals surface area contributed by atoms with Gasteiger partial charge >= 0.3 is 12.1 Å². The van der Waals surface area contributed by atoms with Crippen molar-refractivity contribution in [2.45, 2.75) is 32.8 Å². The number of carboxylic acid groups (broad SMARTS) is 1. The van der Waals surface area contributed by atoms with Crippen LogP contribution in [0.5, 0.6) is 0 Å². The number of nitrogens with one attached hydrogen (secondary N) is 2. The van der Waals surface area contributed by atoms with Gasteiger partial charge in [0, 0.05) is 19.3 Å². The van der Waals surface area contributed by atoms with Crippen molar-refractivity contribution in [3.8, 4) is 0 Å². The summed E-state index contributed by atoms with van der Waals surface area (Å²) in [5.74, 6) is -2.39. The molecule has 1 amide bonds. The second kappa shape index (κ2) is 7.58. The lowest BCUT2D eigenvalue weighted by Crippen LogP contribution is -2.33. The van der Waals surface area contributed by atoms with Crippen LogP contribution in [0.15, 0.2) is 12.3 Å². The lowest BCUT2D eigenvalue weighted by Gasteiger charge is -2.19. The predicted octanol–water partition coefficient (Wildman–Crippen LogP) is 2.25. The fourth-order valence-electron chi connectivity index (χ4n) is 1.53. The normalized spacial score (nSPS) is 10.9. The van der Waals surface area contributed by atoms with Gasteiger partial charge in [0.15, 0.2) is 11.6 Å². The van der Waals surface area contributed by atoms with Crippen LogP contribution in [0.3, 0.4) is 0 Å². The second-order valence-corrected chi connectivity index (χ2v) is 5.54. The number of carboxylic acids is 1. The van der Waals surface area contributed by atoms with E-state index in [1.54, 1.807) is 20.8 Å². The van der Waals surface area contributed by atoms with E-state index in [0.29, 0.717) is 19.5 Å². The Balaban J connectivity index is 2.35. The van der Waals surface area contributed by atoms with Gasteiger partial charge in [0.2, 0.25) is 0 Å². The molecular weight excluding hydrogens is 293 g/mol. The molecule has 7 nitrogen and oxygen atoms in total. The van der Waals surface area contributed by atoms with Crippen molar-refractivity contribution in [2.75, 3.05) is 18.4 Å². The first-order valence-corrected chi connectivity index (χ1v) is 6.79. The zero-order valence-electron chi connectivity index (χ0n) is 12.8. The Bertz CT molecular complexity index is 543. The van der Waals surface area contributed by atoms with E-state index in [4.69, 9.17) is 9.84 Å². The zero-order valence-corrected chi connectivity index (χ0v) is 12.8. The van der Waals surface area contributed by atoms with Gasteiger partial charge in [0.1, 0.15) is 11.2 Å². The summed E-state index contributed by atoms with van der Waals surface area (Å²) in [7, 11) is 0. The number of nitrogens with zero attached hydrogens (tertiary/aromatic N) is 1. The lowest BCUT2D eigenvalue weighted by atomic mass is 10.2. The van der Waals surface area contributed by atoms with Crippen LogP contribution in [0.1, 0.15) is 37.6 Å². The molecule has 8 heteroatoms. The molecule has 0 aliphatic carbocycles. The van der Waals surface area contributed by atoms with E-state index in [-0.39, 0.29) is 5.82 Å². The molecule has 1 aromatic heterocycles. The molecule has 0 aromatic carbocycles. The maximum absolute atomic E-state index is 13.8. The highest BCUT2D eigenvalue weighted by atomic mass is 19.1. The number of hydrogen-bond acceptors (Lipinski definition) is 5. The van der Waals surface area contributed by atoms with Crippen molar-refractivity contribution in [3.05, 3.63) is 23.6 Å². The molecule has 1 rings (SSSR count). The molecule has 0 atom stereocenters. The Hall–Kier alpha value is -2.38. The van der Waals surface area contributed by atoms with E-state index in [9.17, 15) is 14.0 Å². The van der Waals surface area contributed by atoms with Crippen LogP contribution in [0, 0.1) is 5.82 Å². The van der Waals surface area contributed by atoms with E-state index in [1.807, 2.05) is 0 Å². The number of pyridine rings is 1. The van der Waals surface area contributed by atoms with Gasteiger partial charge in [-0.05, 0) is 33.3 Å². The summed E-state index contributed by atoms with van der Waals surface area (Å²) in [6, 6.07) is 1.09. The van der Waals surface area contributed by atoms with Gasteiger partial charge in [-0.3, -0.25) is 0 Å². The summed E-state index contributed by atoms with van der Waals surface area (Å²) in [4.78, 5) is 25.9. The minimum atomic E-state index is -1.35. The number of ether oxygens (including phenoxy) is 1. The summed E-state index contributed by atoms with van der Waals surface area (Å²) in [6.07, 6.45) is 1.19. The first-order chi connectivity index (χ1) is 10.2. The molecule has 0 radical (unpaired) electrons. The molecule has 0 bridgehead atoms. The van der Waals surface area contributed by atoms with E-state index < -0.39 is 29.0 Å². The van der Waals surface area contributed by atoms with Crippen LogP contribution in [0.4, 0.5) is 15.0 Å². The van der Waals surface area contributed by atoms with Gasteiger partial charge in [-0.25, -0.2) is 19.0 Å². The van der Waals surface area contributed by atoms with E-state index in [1.165, 1.54) is 6.20 Å². The summed E-state index contributed by atoms with van der Waals surface area (Å²) < 4.78 is 18.8. The van der Waals surface area contributed by atoms with E-state index >= 15 is 0 Å². The van der Waals surface area contributed by atoms with Crippen LogP contribution in [0.25, 0.3) is 0 Å². The quantitative estimate of drug-likeness (QED) is 0.696. The van der Waals surface area contributed by atoms with Gasteiger partial charge in [0.05, 0.1) is 0 Å². The molecule has 1 heterocycles. The molecular formula is C14H20FN3O4. The molecule has 0 unspecified atom stereocenters. The monoisotopic (exact) mass is 313 g/mol. The molecule has 0 saturated heterocycles. The highest BCUT2D eigenvalue weighted by Gasteiger charge is 2.16. The van der Waals surface area contributed by atoms with Crippen molar-refractivity contribution in [1.29, 1.82) is 0 Å². The Morgan fingerprint density at radius 3 is 2.64 bits per heavy atom. The highest BCUT2D eigenvalue weighted by molar-refractivity contribution is 5.88. The number of aromatic carboxylic acids is 1. The molecule has 22 heavy (non-hydrogen) atoms. The van der Waals surface area contributed by atoms with Crippen molar-refractivity contribution in [3.63, 3.8) is 0 Å². The third-order valence-electron chi connectivity index (χ3n) is 2.43. The van der Waals surface area contributed by atoms with Crippen molar-refractivity contribution in [2.24, 2.45) is 0 Å². The van der Waals surface area contributed by atoms with Crippen LogP contribution in [-0.2, 0) is 4.74 Å². The molecule has 0 aliphatic rings. The minimum Gasteiger partial charge on any atom is -0.478 e. The number of aromatic nitrogens is 1. The number of carbonyl (C=O) groups is 2. The van der Waals surface area contributed by atoms with Gasteiger partial charge in [0.25, 0.3) is 0 Å². The molecule has 0 aliphatic heterocycles. The fraction of sp³-hybridized carbons (Fsp3) is 0.500. The van der Waals surface area contributed by atoms with Crippen LogP contribution in [0.2, 0.25) is 0 Å². The first-order valence-electron chi connectivity index (χ1n) is 6.79. The first kappa shape index (κ1) is 17.7. The van der Waals surface area contributed by atoms with Crippen LogP contribution >= 0.6 is 0 Å². The van der Waals surface area contributed by atoms with Crippen LogP contribution < -0.4 is 10.6 Å². The molecule has 0 saturated carbocycles. The lowest BCUT2D eigenvalue weighted by molar-refractivity contribution is 0.0527. The van der Waals surface area contributed by atoms with E-state index in [2.05, 4.69) is 15.6 Å². The predicted molar refractivity (Wildman–Crippen MR) is 78.5 cm³/mol. The maximum atomic E-state index is 13.8. The Kier molecular flexibility index (Phi) is 6.09. The van der Waals surface area contributed by atoms with Gasteiger partial charge in [-0.1, -0.05) is 0 Å². The molecule has 0 spiro atoms. The number of carbonyl (C=O) groups excluding carboxylic acids is 1. The maximum Gasteiger partial charge on any atom is 0.407 e. The van der Waals surface area contributed by atoms with Gasteiger partial charge in [-0.15, -0.1) is 0 Å². The average Bonchev–Trinajstić information content (AvgIpc) is 2.37. The summed E-state index contributed by atoms with van der Waals surface area (Å²) in [5.41, 5.74) is -1.00. The topological polar surface area (TPSA) is 101 Å². The molecule has 1 aromatic rings. The zero-order chi connectivity index (χ0) is 16.8. The largest absolute Gasteiger partial charge is 0.478 e. The average molecular weight is 313 g/mol. The number of rotatable bonds is 6. The smallest absolute Gasteiger partial charge is 0.407 e. The highest BCUT2D eigenvalue weighted by Crippen LogP contribution is 2.14. The summed E-state index contributed by atoms with van der Waals surface area (Å²) in [6.45, 7) is 5.94. The van der Waals surface area contributed by atoms with Crippen LogP contribution in [-0.4, -0.2) is 40.8 Å². The third kappa shape index (κ3) is 5.94. The number of halogens is 1. The number of hydrogen-bond donors (Lipinski definition) is 3. The standard InChI is InChI=1S/C14H20FN3O4/c1-14(2,3)22-13(21)18-7-4-6-16-11-10(15)9(12(19)20)5-8-17-11/h5,8H,4,6-7H2,1-3H3,(H,16,17)(H,18,21)(H,19,20). The SMILES string of the molecule is CC(C)(C)OC(=O)NCCCNc1nccc(C(=O)O)c1F. The Morgan fingerprint density at radius 1 is 1.36 bits per heavy atom. The van der Waals surface area contributed by atoms with Crippen molar-refractivity contribution in [1.82, 2.24) is 10.3 Å². The minimum absolute atomic E-state index is 0.128.